The number of nitrogens with zero attached hydrogens (tertiary/aromatic N) is 2. The monoisotopic (exact) mass is 365 g/mol. The summed E-state index contributed by atoms with van der Waals surface area (Å²) < 4.78 is 0. The molecule has 0 fully saturated rings. The second-order valence-corrected chi connectivity index (χ2v) is 6.74. The van der Waals surface area contributed by atoms with Gasteiger partial charge in [-0.2, -0.15) is 0 Å². The number of amides is 2. The summed E-state index contributed by atoms with van der Waals surface area (Å²) in [7, 11) is 0. The first kappa shape index (κ1) is 20.4. The van der Waals surface area contributed by atoms with Gasteiger partial charge in [-0.15, -0.1) is 6.58 Å². The first-order valence-corrected chi connectivity index (χ1v) is 9.06. The fraction of sp³-hybridized carbons (Fsp3) is 0.318. The quantitative estimate of drug-likeness (QED) is 0.721. The summed E-state index contributed by atoms with van der Waals surface area (Å²) in [5, 5.41) is 2.94. The Bertz CT molecular complexity index is 793. The maximum Gasteiger partial charge on any atom is 0.224 e. The molecule has 2 amide bonds. The normalized spacial score (nSPS) is 10.3. The van der Waals surface area contributed by atoms with E-state index in [2.05, 4.69) is 16.9 Å². The Morgan fingerprint density at radius 1 is 1.11 bits per heavy atom. The first-order valence-electron chi connectivity index (χ1n) is 9.06. The zero-order chi connectivity index (χ0) is 19.8. The third kappa shape index (κ3) is 6.06. The summed E-state index contributed by atoms with van der Waals surface area (Å²) >= 11 is 0. The van der Waals surface area contributed by atoms with Gasteiger partial charge in [0.25, 0.3) is 0 Å². The summed E-state index contributed by atoms with van der Waals surface area (Å²) in [5.74, 6) is -0.222. The van der Waals surface area contributed by atoms with Crippen molar-refractivity contribution in [3.05, 3.63) is 71.6 Å². The lowest BCUT2D eigenvalue weighted by Crippen LogP contribution is -2.31. The molecule has 1 aromatic carbocycles. The molecular formula is C22H27N3O2. The van der Waals surface area contributed by atoms with E-state index in [9.17, 15) is 9.59 Å². The number of aromatic nitrogens is 1. The molecule has 5 nitrogen and oxygen atoms in total. The number of carbonyl (C=O) groups excluding carboxylic acids is 2. The van der Waals surface area contributed by atoms with Gasteiger partial charge in [0, 0.05) is 44.0 Å². The SMILES string of the molecule is C=CCN(Cc1ccncc1)C(=O)CCC(=O)Nc1c(C)cc(C)cc1C. The van der Waals surface area contributed by atoms with Crippen LogP contribution < -0.4 is 5.32 Å². The molecule has 0 bridgehead atoms. The molecule has 5 heteroatoms. The largest absolute Gasteiger partial charge is 0.335 e. The van der Waals surface area contributed by atoms with E-state index in [-0.39, 0.29) is 24.7 Å². The summed E-state index contributed by atoms with van der Waals surface area (Å²) in [6, 6.07) is 7.82. The van der Waals surface area contributed by atoms with Crippen LogP contribution in [-0.4, -0.2) is 28.2 Å². The number of anilines is 1. The smallest absolute Gasteiger partial charge is 0.224 e. The highest BCUT2D eigenvalue weighted by Gasteiger charge is 2.15. The van der Waals surface area contributed by atoms with Crippen LogP contribution in [0.25, 0.3) is 0 Å². The van der Waals surface area contributed by atoms with Gasteiger partial charge in [-0.1, -0.05) is 23.8 Å². The Morgan fingerprint density at radius 2 is 1.74 bits per heavy atom. The molecule has 1 aromatic heterocycles. The molecule has 0 saturated heterocycles. The van der Waals surface area contributed by atoms with E-state index in [1.54, 1.807) is 23.4 Å². The van der Waals surface area contributed by atoms with E-state index in [0.717, 1.165) is 27.9 Å². The zero-order valence-corrected chi connectivity index (χ0v) is 16.3. The molecule has 0 unspecified atom stereocenters. The lowest BCUT2D eigenvalue weighted by Gasteiger charge is -2.21. The van der Waals surface area contributed by atoms with Crippen LogP contribution in [0.1, 0.15) is 35.1 Å². The number of nitrogens with one attached hydrogen (secondary N) is 1. The van der Waals surface area contributed by atoms with E-state index in [0.29, 0.717) is 13.1 Å². The summed E-state index contributed by atoms with van der Waals surface area (Å²) in [6.45, 7) is 10.6. The number of hydrogen-bond donors (Lipinski definition) is 1. The predicted octanol–water partition coefficient (Wildman–Crippen LogP) is 3.94. The van der Waals surface area contributed by atoms with Crippen LogP contribution in [0.4, 0.5) is 5.69 Å². The molecule has 2 rings (SSSR count). The van der Waals surface area contributed by atoms with Crippen molar-refractivity contribution in [3.8, 4) is 0 Å². The van der Waals surface area contributed by atoms with Crippen molar-refractivity contribution in [1.82, 2.24) is 9.88 Å². The Labute approximate surface area is 161 Å². The van der Waals surface area contributed by atoms with Crippen molar-refractivity contribution in [2.45, 2.75) is 40.2 Å². The standard InChI is InChI=1S/C22H27N3O2/c1-5-12-25(15-19-8-10-23-11-9-19)21(27)7-6-20(26)24-22-17(3)13-16(2)14-18(22)4/h5,8-11,13-14H,1,6-7,12,15H2,2-4H3,(H,24,26). The van der Waals surface area contributed by atoms with E-state index in [1.165, 1.54) is 0 Å². The lowest BCUT2D eigenvalue weighted by atomic mass is 10.0. The van der Waals surface area contributed by atoms with Crippen molar-refractivity contribution in [2.75, 3.05) is 11.9 Å². The molecule has 0 saturated carbocycles. The van der Waals surface area contributed by atoms with Crippen molar-refractivity contribution in [2.24, 2.45) is 0 Å². The predicted molar refractivity (Wildman–Crippen MR) is 108 cm³/mol. The Balaban J connectivity index is 1.94. The summed E-state index contributed by atoms with van der Waals surface area (Å²) in [4.78, 5) is 30.6. The number of rotatable bonds is 8. The van der Waals surface area contributed by atoms with E-state index < -0.39 is 0 Å². The Kier molecular flexibility index (Phi) is 7.29. The van der Waals surface area contributed by atoms with Crippen LogP contribution in [0.3, 0.4) is 0 Å². The number of benzene rings is 1. The molecule has 0 aliphatic carbocycles. The third-order valence-electron chi connectivity index (χ3n) is 4.33. The second-order valence-electron chi connectivity index (χ2n) is 6.74. The first-order chi connectivity index (χ1) is 12.9. The number of hydrogen-bond acceptors (Lipinski definition) is 3. The van der Waals surface area contributed by atoms with Gasteiger partial charge in [-0.3, -0.25) is 14.6 Å². The summed E-state index contributed by atoms with van der Waals surface area (Å²) in [6.07, 6.45) is 5.40. The van der Waals surface area contributed by atoms with Crippen LogP contribution in [0, 0.1) is 20.8 Å². The highest BCUT2D eigenvalue weighted by Crippen LogP contribution is 2.22. The van der Waals surface area contributed by atoms with Gasteiger partial charge >= 0.3 is 0 Å². The Morgan fingerprint density at radius 3 is 2.33 bits per heavy atom. The fourth-order valence-corrected chi connectivity index (χ4v) is 3.08. The number of carbonyl (C=O) groups is 2. The molecule has 2 aromatic rings. The minimum absolute atomic E-state index is 0.0702. The van der Waals surface area contributed by atoms with Gasteiger partial charge in [0.1, 0.15) is 0 Å². The van der Waals surface area contributed by atoms with Gasteiger partial charge in [0.2, 0.25) is 11.8 Å². The number of aryl methyl sites for hydroxylation is 3. The van der Waals surface area contributed by atoms with Crippen molar-refractivity contribution in [1.29, 1.82) is 0 Å². The van der Waals surface area contributed by atoms with Gasteiger partial charge in [-0.25, -0.2) is 0 Å². The van der Waals surface area contributed by atoms with Gasteiger partial charge in [0.15, 0.2) is 0 Å². The molecule has 27 heavy (non-hydrogen) atoms. The highest BCUT2D eigenvalue weighted by molar-refractivity contribution is 5.94. The van der Waals surface area contributed by atoms with E-state index in [4.69, 9.17) is 0 Å². The topological polar surface area (TPSA) is 62.3 Å². The van der Waals surface area contributed by atoms with Gasteiger partial charge in [0.05, 0.1) is 0 Å². The van der Waals surface area contributed by atoms with Crippen molar-refractivity contribution < 1.29 is 9.59 Å². The molecule has 0 spiro atoms. The zero-order valence-electron chi connectivity index (χ0n) is 16.3. The molecule has 0 aliphatic rings. The Hall–Kier alpha value is -2.95. The maximum absolute atomic E-state index is 12.6. The van der Waals surface area contributed by atoms with Crippen LogP contribution >= 0.6 is 0 Å². The lowest BCUT2D eigenvalue weighted by molar-refractivity contribution is -0.132. The third-order valence-corrected chi connectivity index (χ3v) is 4.33. The molecule has 1 N–H and O–H groups in total. The average Bonchev–Trinajstić information content (AvgIpc) is 2.63. The van der Waals surface area contributed by atoms with Gasteiger partial charge in [-0.05, 0) is 49.6 Å². The van der Waals surface area contributed by atoms with Crippen molar-refractivity contribution >= 4 is 17.5 Å². The molecule has 0 aliphatic heterocycles. The van der Waals surface area contributed by atoms with E-state index >= 15 is 0 Å². The van der Waals surface area contributed by atoms with E-state index in [1.807, 2.05) is 45.0 Å². The summed E-state index contributed by atoms with van der Waals surface area (Å²) in [5.41, 5.74) is 5.04. The van der Waals surface area contributed by atoms with Crippen molar-refractivity contribution in [3.63, 3.8) is 0 Å². The van der Waals surface area contributed by atoms with Crippen LogP contribution in [0.2, 0.25) is 0 Å². The maximum atomic E-state index is 12.6. The van der Waals surface area contributed by atoms with Gasteiger partial charge < -0.3 is 10.2 Å². The molecule has 1 heterocycles. The molecule has 0 radical (unpaired) electrons. The van der Waals surface area contributed by atoms with Crippen LogP contribution in [0.5, 0.6) is 0 Å². The second kappa shape index (κ2) is 9.67. The minimum atomic E-state index is -0.152. The number of pyridine rings is 1. The van der Waals surface area contributed by atoms with Crippen LogP contribution in [-0.2, 0) is 16.1 Å². The average molecular weight is 365 g/mol. The molecule has 142 valence electrons. The molecular weight excluding hydrogens is 338 g/mol. The van der Waals surface area contributed by atoms with Crippen LogP contribution in [0.15, 0.2) is 49.3 Å². The molecule has 0 atom stereocenters. The fourth-order valence-electron chi connectivity index (χ4n) is 3.08. The highest BCUT2D eigenvalue weighted by atomic mass is 16.2. The minimum Gasteiger partial charge on any atom is -0.335 e.